The van der Waals surface area contributed by atoms with Crippen LogP contribution in [0.2, 0.25) is 0 Å². The molecule has 0 radical (unpaired) electrons. The monoisotopic (exact) mass is 698 g/mol. The van der Waals surface area contributed by atoms with Crippen LogP contribution in [0.4, 0.5) is 0 Å². The summed E-state index contributed by atoms with van der Waals surface area (Å²) in [7, 11) is 0.377. The largest absolute Gasteiger partial charge is 0.0912 e. The Labute approximate surface area is 305 Å². The number of rotatable bonds is 6. The van der Waals surface area contributed by atoms with E-state index in [9.17, 15) is 0 Å². The molecule has 2 aliphatic carbocycles. The van der Waals surface area contributed by atoms with Crippen molar-refractivity contribution in [3.8, 4) is 0 Å². The first-order valence-electron chi connectivity index (χ1n) is 18.8. The van der Waals surface area contributed by atoms with E-state index in [4.69, 9.17) is 0 Å². The Hall–Kier alpha value is -4.08. The number of hydrogen-bond acceptors (Lipinski definition) is 0. The van der Waals surface area contributed by atoms with Gasteiger partial charge in [-0.3, -0.25) is 0 Å². The Morgan fingerprint density at radius 2 is 1.57 bits per heavy atom. The van der Waals surface area contributed by atoms with Crippen molar-refractivity contribution >= 4 is 75.7 Å². The van der Waals surface area contributed by atoms with E-state index in [0.29, 0.717) is 5.92 Å². The Bertz CT molecular complexity index is 2650. The second-order valence-electron chi connectivity index (χ2n) is 14.2. The topological polar surface area (TPSA) is 0 Å². The maximum absolute atomic E-state index is 4.60. The zero-order valence-electron chi connectivity index (χ0n) is 30.1. The molecule has 0 amide bonds. The van der Waals surface area contributed by atoms with E-state index in [1.54, 1.807) is 16.2 Å². The Balaban J connectivity index is 1.19. The fourth-order valence-corrected chi connectivity index (χ4v) is 13.2. The lowest BCUT2D eigenvalue weighted by Gasteiger charge is -2.27. The third-order valence-electron chi connectivity index (χ3n) is 11.3. The smallest absolute Gasteiger partial charge is 0.00262 e. The van der Waals surface area contributed by atoms with Gasteiger partial charge in [-0.05, 0) is 149 Å². The zero-order valence-corrected chi connectivity index (χ0v) is 32.0. The molecule has 1 heterocycles. The molecule has 1 aliphatic heterocycles. The van der Waals surface area contributed by atoms with Crippen LogP contribution in [0.15, 0.2) is 97.1 Å². The molecule has 0 saturated heterocycles. The lowest BCUT2D eigenvalue weighted by atomic mass is 9.81. The van der Waals surface area contributed by atoms with Gasteiger partial charge in [0.15, 0.2) is 0 Å². The molecule has 0 nitrogen and oxygen atoms in total. The van der Waals surface area contributed by atoms with Crippen molar-refractivity contribution in [3.05, 3.63) is 161 Å². The van der Waals surface area contributed by atoms with Gasteiger partial charge in [-0.25, -0.2) is 0 Å². The first-order chi connectivity index (χ1) is 25.1. The quantitative estimate of drug-likeness (QED) is 0.216. The van der Waals surface area contributed by atoms with Gasteiger partial charge in [-0.15, -0.1) is 0 Å². The fraction of sp³-hybridized carbons (Fsp3) is 0.224. The van der Waals surface area contributed by atoms with Crippen LogP contribution in [-0.4, -0.2) is 12.3 Å². The lowest BCUT2D eigenvalue weighted by molar-refractivity contribution is 0.782. The summed E-state index contributed by atoms with van der Waals surface area (Å²) in [5, 5.41) is 13.7. The summed E-state index contributed by atoms with van der Waals surface area (Å²) in [6, 6.07) is 36.9. The van der Waals surface area contributed by atoms with Crippen LogP contribution in [0.25, 0.3) is 48.6 Å². The summed E-state index contributed by atoms with van der Waals surface area (Å²) >= 11 is 0. The second-order valence-corrected chi connectivity index (χ2v) is 17.9. The highest BCUT2D eigenvalue weighted by Crippen LogP contribution is 2.45. The lowest BCUT2D eigenvalue weighted by Crippen LogP contribution is -2.39. The first kappa shape index (κ1) is 34.0. The highest BCUT2D eigenvalue weighted by Gasteiger charge is 2.26. The number of aryl methyl sites for hydroxylation is 1. The predicted octanol–water partition coefficient (Wildman–Crippen LogP) is 5.14. The van der Waals surface area contributed by atoms with E-state index in [-0.39, 0.29) is 0 Å². The molecule has 5 aromatic rings. The minimum absolute atomic E-state index is 0.391. The normalized spacial score (nSPS) is 19.7. The van der Waals surface area contributed by atoms with Crippen molar-refractivity contribution in [2.45, 2.75) is 52.1 Å². The molecule has 5 aromatic carbocycles. The molecular weight excluding hydrogens is 650 g/mol. The van der Waals surface area contributed by atoms with Gasteiger partial charge in [-0.2, -0.15) is 0 Å². The molecule has 254 valence electrons. The van der Waals surface area contributed by atoms with Crippen LogP contribution in [0.1, 0.15) is 61.8 Å². The SMILES string of the molecule is C=c1ccc2c(c1=C)/C(=c1\cccc\c1=C\C)CCP(c1ccccc1PC[C@@H]1CC=c3ccccc3=C1c1c(CC)ccc3c1=CCCC=3)C2. The summed E-state index contributed by atoms with van der Waals surface area (Å²) < 4.78 is 0. The molecule has 0 spiro atoms. The van der Waals surface area contributed by atoms with E-state index < -0.39 is 7.92 Å². The first-order valence-corrected chi connectivity index (χ1v) is 21.7. The van der Waals surface area contributed by atoms with Crippen molar-refractivity contribution in [2.24, 2.45) is 5.92 Å². The van der Waals surface area contributed by atoms with Crippen LogP contribution in [0.3, 0.4) is 0 Å². The van der Waals surface area contributed by atoms with E-state index in [1.165, 1.54) is 71.5 Å². The minimum atomic E-state index is -0.391. The van der Waals surface area contributed by atoms with Gasteiger partial charge in [0, 0.05) is 0 Å². The van der Waals surface area contributed by atoms with E-state index >= 15 is 0 Å². The fourth-order valence-electron chi connectivity index (χ4n) is 8.74. The molecular formula is C49H48P2. The Morgan fingerprint density at radius 3 is 2.43 bits per heavy atom. The van der Waals surface area contributed by atoms with E-state index in [1.807, 2.05) is 0 Å². The number of hydrogen-bond donors (Lipinski definition) is 0. The van der Waals surface area contributed by atoms with Gasteiger partial charge in [-0.1, -0.05) is 158 Å². The van der Waals surface area contributed by atoms with Crippen molar-refractivity contribution in [1.82, 2.24) is 0 Å². The summed E-state index contributed by atoms with van der Waals surface area (Å²) in [5.41, 5.74) is 8.85. The summed E-state index contributed by atoms with van der Waals surface area (Å²) in [6.45, 7) is 13.5. The predicted molar refractivity (Wildman–Crippen MR) is 228 cm³/mol. The standard InChI is InChI=1S/C49H48P2/c1-5-35-15-7-10-18-41(35)44-29-30-51(32-40-24-23-33(3)34(4)47(40)44)46-22-14-13-21-45(46)50-31-39-28-27-38-17-9-12-20-43(38)49(39)48-36(6-2)25-26-37-16-8-11-19-42(37)48/h5,7,9-10,12-27,39,50H,3-4,6,8,11,28-32H2,1-2H3/b35-5-,44-41+/t39-,51?/m0/s1. The van der Waals surface area contributed by atoms with E-state index in [2.05, 4.69) is 148 Å². The molecule has 3 aliphatic rings. The Morgan fingerprint density at radius 1 is 0.784 bits per heavy atom. The average molecular weight is 699 g/mol. The van der Waals surface area contributed by atoms with Crippen LogP contribution in [0.5, 0.6) is 0 Å². The molecule has 2 unspecified atom stereocenters. The molecule has 3 atom stereocenters. The molecule has 51 heavy (non-hydrogen) atoms. The summed E-state index contributed by atoms with van der Waals surface area (Å²) in [5.74, 6) is 0.493. The van der Waals surface area contributed by atoms with Gasteiger partial charge in [0.25, 0.3) is 0 Å². The van der Waals surface area contributed by atoms with Crippen LogP contribution in [0, 0.1) is 5.92 Å². The molecule has 0 bridgehead atoms. The molecule has 0 N–H and O–H groups in total. The average Bonchev–Trinajstić information content (AvgIpc) is 3.38. The van der Waals surface area contributed by atoms with Crippen LogP contribution >= 0.6 is 16.5 Å². The molecule has 0 saturated carbocycles. The third kappa shape index (κ3) is 6.48. The van der Waals surface area contributed by atoms with Gasteiger partial charge < -0.3 is 0 Å². The molecule has 2 heteroatoms. The number of fused-ring (bicyclic) bond motifs is 3. The van der Waals surface area contributed by atoms with Gasteiger partial charge in [0.1, 0.15) is 0 Å². The molecule has 8 rings (SSSR count). The molecule has 0 fully saturated rings. The van der Waals surface area contributed by atoms with Crippen molar-refractivity contribution in [1.29, 1.82) is 0 Å². The Kier molecular flexibility index (Phi) is 9.93. The van der Waals surface area contributed by atoms with Crippen molar-refractivity contribution in [2.75, 3.05) is 12.3 Å². The highest BCUT2D eigenvalue weighted by atomic mass is 31.1. The minimum Gasteiger partial charge on any atom is -0.0912 e. The number of benzene rings is 5. The van der Waals surface area contributed by atoms with Crippen molar-refractivity contribution in [3.63, 3.8) is 0 Å². The second kappa shape index (κ2) is 14.9. The van der Waals surface area contributed by atoms with Gasteiger partial charge >= 0.3 is 0 Å². The zero-order chi connectivity index (χ0) is 34.9. The third-order valence-corrected chi connectivity index (χ3v) is 15.6. The van der Waals surface area contributed by atoms with Gasteiger partial charge in [0.05, 0.1) is 0 Å². The maximum Gasteiger partial charge on any atom is -0.00262 e. The maximum atomic E-state index is 4.60. The molecule has 0 aromatic heterocycles. The summed E-state index contributed by atoms with van der Waals surface area (Å²) in [4.78, 5) is 0. The highest BCUT2D eigenvalue weighted by molar-refractivity contribution is 7.67. The van der Waals surface area contributed by atoms with Crippen molar-refractivity contribution < 1.29 is 0 Å². The van der Waals surface area contributed by atoms with Crippen LogP contribution < -0.4 is 52.4 Å². The van der Waals surface area contributed by atoms with Crippen LogP contribution in [-0.2, 0) is 12.6 Å². The van der Waals surface area contributed by atoms with Gasteiger partial charge in [0.2, 0.25) is 0 Å². The summed E-state index contributed by atoms with van der Waals surface area (Å²) in [6.07, 6.45) is 18.7. The van der Waals surface area contributed by atoms with E-state index in [0.717, 1.165) is 57.3 Å².